The van der Waals surface area contributed by atoms with Gasteiger partial charge in [0.2, 0.25) is 12.7 Å². The van der Waals surface area contributed by atoms with E-state index in [1.165, 1.54) is 24.4 Å². The molecule has 3 aromatic rings. The van der Waals surface area contributed by atoms with Crippen molar-refractivity contribution in [3.8, 4) is 17.2 Å². The lowest BCUT2D eigenvalue weighted by molar-refractivity contribution is -0.383. The number of hydrogen-bond acceptors (Lipinski definition) is 7. The number of pyridine rings is 1. The van der Waals surface area contributed by atoms with Crippen molar-refractivity contribution in [2.75, 3.05) is 6.79 Å². The molecule has 0 bridgehead atoms. The third-order valence-electron chi connectivity index (χ3n) is 5.15. The second kappa shape index (κ2) is 8.47. The lowest BCUT2D eigenvalue weighted by Gasteiger charge is -2.26. The van der Waals surface area contributed by atoms with Crippen molar-refractivity contribution in [2.24, 2.45) is 0 Å². The summed E-state index contributed by atoms with van der Waals surface area (Å²) in [4.78, 5) is 27.8. The summed E-state index contributed by atoms with van der Waals surface area (Å²) in [5.74, 6) is 0.298. The van der Waals surface area contributed by atoms with E-state index in [4.69, 9.17) is 9.47 Å². The van der Waals surface area contributed by atoms with Crippen LogP contribution in [0.15, 0.2) is 42.6 Å². The van der Waals surface area contributed by atoms with E-state index < -0.39 is 16.7 Å². The fourth-order valence-electron chi connectivity index (χ4n) is 3.59. The molecule has 4 rings (SSSR count). The summed E-state index contributed by atoms with van der Waals surface area (Å²) in [5, 5.41) is 28.0. The fourth-order valence-corrected chi connectivity index (χ4v) is 3.59. The summed E-state index contributed by atoms with van der Waals surface area (Å²) in [7, 11) is 0. The zero-order valence-electron chi connectivity index (χ0n) is 16.8. The molecule has 160 valence electrons. The van der Waals surface area contributed by atoms with Crippen molar-refractivity contribution in [1.82, 2.24) is 10.3 Å². The summed E-state index contributed by atoms with van der Waals surface area (Å²) in [6.07, 6.45) is 3.20. The molecule has 9 nitrogen and oxygen atoms in total. The van der Waals surface area contributed by atoms with E-state index in [2.05, 4.69) is 10.3 Å². The van der Waals surface area contributed by atoms with Gasteiger partial charge in [0.1, 0.15) is 0 Å². The highest BCUT2D eigenvalue weighted by Gasteiger charge is 2.25. The van der Waals surface area contributed by atoms with Crippen LogP contribution in [0.1, 0.15) is 43.4 Å². The average molecular weight is 422 g/mol. The number of unbranched alkanes of at least 4 members (excludes halogenated alkanes) is 1. The van der Waals surface area contributed by atoms with Crippen LogP contribution in [0, 0.1) is 10.1 Å². The number of non-ortho nitro benzene ring substituents is 1. The van der Waals surface area contributed by atoms with Crippen LogP contribution in [0.25, 0.3) is 10.9 Å². The molecule has 2 heterocycles. The molecule has 0 saturated carbocycles. The predicted octanol–water partition coefficient (Wildman–Crippen LogP) is 3.34. The lowest BCUT2D eigenvalue weighted by Crippen LogP contribution is -2.30. The average Bonchev–Trinajstić information content (AvgIpc) is 3.24. The summed E-state index contributed by atoms with van der Waals surface area (Å²) >= 11 is 0. The van der Waals surface area contributed by atoms with E-state index in [9.17, 15) is 20.0 Å². The van der Waals surface area contributed by atoms with Crippen molar-refractivity contribution in [2.45, 2.75) is 32.2 Å². The minimum Gasteiger partial charge on any atom is -0.871 e. The Balaban J connectivity index is 1.87. The fraction of sp³-hybridized carbons (Fsp3) is 0.273. The molecular weight excluding hydrogens is 402 g/mol. The number of nitro benzene ring substituents is 1. The van der Waals surface area contributed by atoms with Gasteiger partial charge in [0, 0.05) is 18.7 Å². The monoisotopic (exact) mass is 422 g/mol. The van der Waals surface area contributed by atoms with Crippen molar-refractivity contribution in [3.05, 3.63) is 63.8 Å². The van der Waals surface area contributed by atoms with Crippen LogP contribution in [-0.4, -0.2) is 22.6 Å². The van der Waals surface area contributed by atoms with Crippen molar-refractivity contribution in [1.29, 1.82) is 0 Å². The van der Waals surface area contributed by atoms with E-state index in [1.807, 2.05) is 6.92 Å². The molecule has 1 amide bonds. The number of nitrogens with one attached hydrogen (secondary N) is 1. The number of carbonyl (C=O) groups is 1. The van der Waals surface area contributed by atoms with Crippen LogP contribution < -0.4 is 19.9 Å². The number of carbonyl (C=O) groups excluding carboxylic acids is 1. The standard InChI is InChI=1S/C22H21N3O6/c1-2-3-6-19(26)24-20(13-7-8-17-18(10-13)31-12-30-17)15-11-16(25(28)29)14-5-4-9-23-21(14)22(15)27/h4-5,7-11,20,27H,2-3,6,12H2,1H3,(H,24,26)/p-1/t20-/m1/s1. The van der Waals surface area contributed by atoms with E-state index in [0.29, 0.717) is 23.5 Å². The number of fused-ring (bicyclic) bond motifs is 2. The van der Waals surface area contributed by atoms with Gasteiger partial charge in [-0.05, 0) is 41.8 Å². The maximum Gasteiger partial charge on any atom is 0.279 e. The Morgan fingerprint density at radius 1 is 1.26 bits per heavy atom. The third kappa shape index (κ3) is 3.94. The zero-order valence-corrected chi connectivity index (χ0v) is 16.8. The van der Waals surface area contributed by atoms with E-state index in [1.54, 1.807) is 18.2 Å². The highest BCUT2D eigenvalue weighted by Crippen LogP contribution is 2.40. The summed E-state index contributed by atoms with van der Waals surface area (Å²) in [6, 6.07) is 8.39. The topological polar surface area (TPSA) is 127 Å². The Labute approximate surface area is 177 Å². The van der Waals surface area contributed by atoms with Crippen LogP contribution >= 0.6 is 0 Å². The summed E-state index contributed by atoms with van der Waals surface area (Å²) < 4.78 is 10.8. The zero-order chi connectivity index (χ0) is 22.0. The summed E-state index contributed by atoms with van der Waals surface area (Å²) in [6.45, 7) is 2.04. The van der Waals surface area contributed by atoms with Gasteiger partial charge in [0.05, 0.1) is 21.9 Å². The Morgan fingerprint density at radius 2 is 2.06 bits per heavy atom. The number of nitrogens with zero attached hydrogens (tertiary/aromatic N) is 2. The van der Waals surface area contributed by atoms with Gasteiger partial charge in [-0.25, -0.2) is 0 Å². The maximum absolute atomic E-state index is 13.3. The molecular formula is C22H20N3O6-. The van der Waals surface area contributed by atoms with Crippen LogP contribution in [0.3, 0.4) is 0 Å². The molecule has 1 atom stereocenters. The highest BCUT2D eigenvalue weighted by molar-refractivity contribution is 5.93. The molecule has 1 aromatic heterocycles. The van der Waals surface area contributed by atoms with Crippen molar-refractivity contribution < 1.29 is 24.3 Å². The molecule has 2 aromatic carbocycles. The SMILES string of the molecule is CCCCC(=O)N[C@H](c1ccc2c(c1)OCO2)c1cc([N+](=O)[O-])c2cccnc2c1[O-]. The Kier molecular flexibility index (Phi) is 5.57. The molecule has 0 radical (unpaired) electrons. The largest absolute Gasteiger partial charge is 0.871 e. The minimum absolute atomic E-state index is 0.0137. The van der Waals surface area contributed by atoms with Crippen LogP contribution in [-0.2, 0) is 4.79 Å². The van der Waals surface area contributed by atoms with Gasteiger partial charge >= 0.3 is 0 Å². The van der Waals surface area contributed by atoms with Crippen molar-refractivity contribution in [3.63, 3.8) is 0 Å². The number of rotatable bonds is 7. The number of nitro groups is 1. The first-order valence-corrected chi connectivity index (χ1v) is 9.91. The molecule has 1 aliphatic heterocycles. The predicted molar refractivity (Wildman–Crippen MR) is 110 cm³/mol. The number of hydrogen-bond donors (Lipinski definition) is 1. The molecule has 31 heavy (non-hydrogen) atoms. The first-order valence-electron chi connectivity index (χ1n) is 9.91. The lowest BCUT2D eigenvalue weighted by atomic mass is 9.94. The quantitative estimate of drug-likeness (QED) is 0.457. The Bertz CT molecular complexity index is 1160. The first kappa shape index (κ1) is 20.4. The number of aromatic nitrogens is 1. The summed E-state index contributed by atoms with van der Waals surface area (Å²) in [5.41, 5.74) is 0.365. The normalized spacial score (nSPS) is 13.2. The maximum atomic E-state index is 13.3. The van der Waals surface area contributed by atoms with Crippen LogP contribution in [0.2, 0.25) is 0 Å². The van der Waals surface area contributed by atoms with Crippen LogP contribution in [0.5, 0.6) is 17.2 Å². The highest BCUT2D eigenvalue weighted by atomic mass is 16.7. The molecule has 9 heteroatoms. The number of ether oxygens (including phenoxy) is 2. The van der Waals surface area contributed by atoms with Gasteiger partial charge in [-0.1, -0.05) is 25.2 Å². The van der Waals surface area contributed by atoms with Gasteiger partial charge in [0.15, 0.2) is 11.5 Å². The number of amides is 1. The van der Waals surface area contributed by atoms with Gasteiger partial charge in [-0.3, -0.25) is 19.9 Å². The first-order chi connectivity index (χ1) is 15.0. The molecule has 0 spiro atoms. The molecule has 0 aliphatic carbocycles. The number of benzene rings is 2. The van der Waals surface area contributed by atoms with Gasteiger partial charge in [0.25, 0.3) is 5.69 Å². The third-order valence-corrected chi connectivity index (χ3v) is 5.15. The van der Waals surface area contributed by atoms with Crippen molar-refractivity contribution >= 4 is 22.5 Å². The van der Waals surface area contributed by atoms with E-state index >= 15 is 0 Å². The van der Waals surface area contributed by atoms with Gasteiger partial charge < -0.3 is 19.9 Å². The Morgan fingerprint density at radius 3 is 2.84 bits per heavy atom. The van der Waals surface area contributed by atoms with Crippen LogP contribution in [0.4, 0.5) is 5.69 Å². The molecule has 1 aliphatic rings. The minimum atomic E-state index is -0.906. The Hall–Kier alpha value is -3.88. The smallest absolute Gasteiger partial charge is 0.279 e. The molecule has 0 fully saturated rings. The molecule has 1 N–H and O–H groups in total. The van der Waals surface area contributed by atoms with Gasteiger partial charge in [-0.2, -0.15) is 0 Å². The van der Waals surface area contributed by atoms with E-state index in [-0.39, 0.29) is 41.3 Å². The second-order valence-electron chi connectivity index (χ2n) is 7.19. The molecule has 0 unspecified atom stereocenters. The molecule has 0 saturated heterocycles. The van der Waals surface area contributed by atoms with E-state index in [0.717, 1.165) is 6.42 Å². The second-order valence-corrected chi connectivity index (χ2v) is 7.19. The van der Waals surface area contributed by atoms with Gasteiger partial charge in [-0.15, -0.1) is 0 Å².